The van der Waals surface area contributed by atoms with Gasteiger partial charge in [-0.05, 0) is 18.8 Å². The van der Waals surface area contributed by atoms with Gasteiger partial charge in [-0.2, -0.15) is 13.2 Å². The second-order valence-electron chi connectivity index (χ2n) is 3.05. The van der Waals surface area contributed by atoms with Crippen molar-refractivity contribution in [3.8, 4) is 0 Å². The number of rotatable bonds is 4. The minimum atomic E-state index is -4.23. The van der Waals surface area contributed by atoms with Crippen LogP contribution in [0.25, 0.3) is 0 Å². The Balaban J connectivity index is 1.88. The van der Waals surface area contributed by atoms with Crippen LogP contribution in [0, 0.1) is 5.92 Å². The third kappa shape index (κ3) is 3.92. The Morgan fingerprint density at radius 1 is 1.33 bits per heavy atom. The van der Waals surface area contributed by atoms with E-state index in [1.54, 1.807) is 0 Å². The molecule has 0 aromatic heterocycles. The molecule has 0 bridgehead atoms. The van der Waals surface area contributed by atoms with Crippen molar-refractivity contribution in [1.29, 1.82) is 0 Å². The molecule has 1 saturated carbocycles. The Bertz CT molecular complexity index is 133. The highest BCUT2D eigenvalue weighted by Gasteiger charge is 2.28. The van der Waals surface area contributed by atoms with Crippen molar-refractivity contribution in [2.24, 2.45) is 5.92 Å². The van der Waals surface area contributed by atoms with Gasteiger partial charge in [0.05, 0.1) is 0 Å². The molecule has 0 spiro atoms. The zero-order chi connectivity index (χ0) is 9.03. The fraction of sp³-hybridized carbons (Fsp3) is 1.00. The lowest BCUT2D eigenvalue weighted by atomic mass is 9.86. The van der Waals surface area contributed by atoms with Crippen LogP contribution in [0.2, 0.25) is 0 Å². The van der Waals surface area contributed by atoms with Crippen LogP contribution < -0.4 is 5.48 Å². The first-order valence-corrected chi connectivity index (χ1v) is 3.99. The van der Waals surface area contributed by atoms with Gasteiger partial charge in [-0.1, -0.05) is 6.42 Å². The summed E-state index contributed by atoms with van der Waals surface area (Å²) >= 11 is 0. The average molecular weight is 183 g/mol. The molecule has 0 unspecified atom stereocenters. The monoisotopic (exact) mass is 183 g/mol. The van der Waals surface area contributed by atoms with Crippen LogP contribution in [0.5, 0.6) is 0 Å². The van der Waals surface area contributed by atoms with E-state index in [0.717, 1.165) is 12.8 Å². The van der Waals surface area contributed by atoms with Crippen LogP contribution in [0.4, 0.5) is 13.2 Å². The molecule has 5 heteroatoms. The van der Waals surface area contributed by atoms with Crippen molar-refractivity contribution in [2.45, 2.75) is 25.4 Å². The molecule has 72 valence electrons. The largest absolute Gasteiger partial charge is 0.413 e. The Kier molecular flexibility index (Phi) is 3.34. The van der Waals surface area contributed by atoms with Gasteiger partial charge < -0.3 is 0 Å². The molecule has 1 N–H and O–H groups in total. The van der Waals surface area contributed by atoms with E-state index >= 15 is 0 Å². The lowest BCUT2D eigenvalue weighted by molar-refractivity contribution is -0.190. The van der Waals surface area contributed by atoms with Crippen LogP contribution >= 0.6 is 0 Å². The van der Waals surface area contributed by atoms with E-state index in [-0.39, 0.29) is 0 Å². The van der Waals surface area contributed by atoms with Crippen LogP contribution in [-0.2, 0) is 4.84 Å². The molecule has 0 saturated heterocycles. The molecule has 1 aliphatic rings. The molecule has 1 aliphatic carbocycles. The summed E-state index contributed by atoms with van der Waals surface area (Å²) in [6.45, 7) is -0.671. The van der Waals surface area contributed by atoms with Crippen LogP contribution in [-0.4, -0.2) is 19.3 Å². The first-order chi connectivity index (χ1) is 5.58. The number of alkyl halides is 3. The zero-order valence-corrected chi connectivity index (χ0v) is 6.66. The number of nitrogens with one attached hydrogen (secondary N) is 1. The van der Waals surface area contributed by atoms with Gasteiger partial charge in [0.2, 0.25) is 0 Å². The normalized spacial score (nSPS) is 19.2. The zero-order valence-electron chi connectivity index (χ0n) is 6.66. The highest BCUT2D eigenvalue weighted by Crippen LogP contribution is 2.25. The van der Waals surface area contributed by atoms with Crippen molar-refractivity contribution in [3.63, 3.8) is 0 Å². The smallest absolute Gasteiger partial charge is 0.292 e. The number of hydroxylamine groups is 1. The first kappa shape index (κ1) is 9.80. The van der Waals surface area contributed by atoms with Crippen molar-refractivity contribution in [1.82, 2.24) is 5.48 Å². The molecule has 1 fully saturated rings. The topological polar surface area (TPSA) is 21.3 Å². The first-order valence-electron chi connectivity index (χ1n) is 3.99. The van der Waals surface area contributed by atoms with Crippen molar-refractivity contribution < 1.29 is 18.0 Å². The summed E-state index contributed by atoms with van der Waals surface area (Å²) in [6.07, 6.45) is -0.844. The van der Waals surface area contributed by atoms with E-state index in [9.17, 15) is 13.2 Å². The van der Waals surface area contributed by atoms with Crippen LogP contribution in [0.15, 0.2) is 0 Å². The fourth-order valence-corrected chi connectivity index (χ4v) is 1.01. The molecule has 0 heterocycles. The van der Waals surface area contributed by atoms with Crippen LogP contribution in [0.3, 0.4) is 0 Å². The second kappa shape index (κ2) is 4.09. The minimum absolute atomic E-state index is 0.512. The summed E-state index contributed by atoms with van der Waals surface area (Å²) in [5, 5.41) is 0. The average Bonchev–Trinajstić information content (AvgIpc) is 1.80. The quantitative estimate of drug-likeness (QED) is 0.530. The van der Waals surface area contributed by atoms with Crippen molar-refractivity contribution >= 4 is 0 Å². The predicted octanol–water partition coefficient (Wildman–Crippen LogP) is 1.87. The molecule has 2 nitrogen and oxygen atoms in total. The summed E-state index contributed by atoms with van der Waals surface area (Å²) in [5.41, 5.74) is 2.32. The minimum Gasteiger partial charge on any atom is -0.292 e. The third-order valence-corrected chi connectivity index (χ3v) is 1.93. The standard InChI is InChI=1S/C7H12F3NO/c8-7(9,10)5-12-11-4-6-2-1-3-6/h6,11H,1-5H2. The molecule has 0 aliphatic heterocycles. The van der Waals surface area contributed by atoms with E-state index in [0.29, 0.717) is 12.5 Å². The molecule has 0 amide bonds. The summed E-state index contributed by atoms with van der Waals surface area (Å²) in [5.74, 6) is 0.512. The van der Waals surface area contributed by atoms with E-state index in [1.807, 2.05) is 0 Å². The van der Waals surface area contributed by atoms with E-state index in [2.05, 4.69) is 10.3 Å². The summed E-state index contributed by atoms with van der Waals surface area (Å²) in [4.78, 5) is 4.23. The van der Waals surface area contributed by atoms with Gasteiger partial charge in [0.25, 0.3) is 0 Å². The Labute approximate surface area is 69.0 Å². The van der Waals surface area contributed by atoms with Gasteiger partial charge in [0, 0.05) is 6.54 Å². The maximum atomic E-state index is 11.5. The lowest BCUT2D eigenvalue weighted by Crippen LogP contribution is -2.31. The lowest BCUT2D eigenvalue weighted by Gasteiger charge is -2.25. The van der Waals surface area contributed by atoms with Gasteiger partial charge in [-0.15, -0.1) is 0 Å². The summed E-state index contributed by atoms with van der Waals surface area (Å²) < 4.78 is 34.5. The number of halogens is 3. The molecule has 1 rings (SSSR count). The molecule has 0 aromatic carbocycles. The Morgan fingerprint density at radius 2 is 2.00 bits per heavy atom. The van der Waals surface area contributed by atoms with E-state index < -0.39 is 12.8 Å². The Morgan fingerprint density at radius 3 is 2.42 bits per heavy atom. The van der Waals surface area contributed by atoms with E-state index in [1.165, 1.54) is 6.42 Å². The van der Waals surface area contributed by atoms with Gasteiger partial charge >= 0.3 is 6.18 Å². The molecule has 0 aromatic rings. The number of hydrogen-bond donors (Lipinski definition) is 1. The number of hydrogen-bond acceptors (Lipinski definition) is 2. The molecular weight excluding hydrogens is 171 g/mol. The van der Waals surface area contributed by atoms with Gasteiger partial charge in [0.15, 0.2) is 6.61 Å². The highest BCUT2D eigenvalue weighted by molar-refractivity contribution is 4.69. The molecule has 0 atom stereocenters. The second-order valence-corrected chi connectivity index (χ2v) is 3.05. The maximum Gasteiger partial charge on any atom is 0.413 e. The summed E-state index contributed by atoms with van der Waals surface area (Å²) in [7, 11) is 0. The highest BCUT2D eigenvalue weighted by atomic mass is 19.4. The van der Waals surface area contributed by atoms with E-state index in [4.69, 9.17) is 0 Å². The maximum absolute atomic E-state index is 11.5. The SMILES string of the molecule is FC(F)(F)CONCC1CCC1. The molecule has 12 heavy (non-hydrogen) atoms. The molecule has 0 radical (unpaired) electrons. The predicted molar refractivity (Wildman–Crippen MR) is 37.4 cm³/mol. The Hall–Kier alpha value is -0.290. The third-order valence-electron chi connectivity index (χ3n) is 1.93. The van der Waals surface area contributed by atoms with Crippen molar-refractivity contribution in [2.75, 3.05) is 13.2 Å². The van der Waals surface area contributed by atoms with Crippen molar-refractivity contribution in [3.05, 3.63) is 0 Å². The fourth-order valence-electron chi connectivity index (χ4n) is 1.01. The van der Waals surface area contributed by atoms with Gasteiger partial charge in [-0.3, -0.25) is 4.84 Å². The van der Waals surface area contributed by atoms with Gasteiger partial charge in [-0.25, -0.2) is 5.48 Å². The van der Waals surface area contributed by atoms with Crippen LogP contribution in [0.1, 0.15) is 19.3 Å². The molecular formula is C7H12F3NO. The van der Waals surface area contributed by atoms with Gasteiger partial charge in [0.1, 0.15) is 0 Å². The summed E-state index contributed by atoms with van der Waals surface area (Å²) in [6, 6.07) is 0.